The van der Waals surface area contributed by atoms with Gasteiger partial charge in [-0.1, -0.05) is 18.2 Å². The van der Waals surface area contributed by atoms with Crippen molar-refractivity contribution < 1.29 is 38.6 Å². The number of phenolic OH excluding ortho intramolecular Hbond substituents is 1. The molecule has 2 aliphatic heterocycles. The van der Waals surface area contributed by atoms with Gasteiger partial charge in [-0.3, -0.25) is 9.59 Å². The molecule has 11 heteroatoms. The molecule has 2 saturated carbocycles. The Labute approximate surface area is 262 Å². The van der Waals surface area contributed by atoms with Crippen LogP contribution in [0.4, 0.5) is 4.79 Å². The standard InChI is InChI=1S/C34H42N4O7/c1-37(15-14-36-31(41)24(35)17-20-5-8-23(39)9-6-20)32(42)44-26-10-7-22-18-27-34(43)12-11-25(40)30-33(34,28(22)29(26)45-30)13-16-38(27,2)19-21-3-4-21/h5-10,21,24,27,30,43H,3-4,11-19,35H2,1-2H3,(H-,36,39,41)/p+1/t24-,27?,30-,33-,34+,38-/m0/s1. The maximum Gasteiger partial charge on any atom is 0.415 e. The molecule has 240 valence electrons. The molecule has 2 bridgehead atoms. The summed E-state index contributed by atoms with van der Waals surface area (Å²) in [6.07, 6.45) is 3.42. The fourth-order valence-corrected chi connectivity index (χ4v) is 8.73. The number of nitrogens with two attached hydrogens (primary N) is 1. The minimum absolute atomic E-state index is 0.00507. The Morgan fingerprint density at radius 2 is 1.96 bits per heavy atom. The van der Waals surface area contributed by atoms with Gasteiger partial charge in [0.15, 0.2) is 23.4 Å². The molecule has 3 fully saturated rings. The van der Waals surface area contributed by atoms with Crippen LogP contribution in [0.3, 0.4) is 0 Å². The number of likely N-dealkylation sites (N-methyl/N-ethyl adjacent to an activating group) is 2. The van der Waals surface area contributed by atoms with Crippen molar-refractivity contribution in [3.05, 3.63) is 53.1 Å². The van der Waals surface area contributed by atoms with Gasteiger partial charge in [-0.15, -0.1) is 0 Å². The number of benzene rings is 2. The molecule has 1 spiro atoms. The maximum absolute atomic E-state index is 13.4. The van der Waals surface area contributed by atoms with E-state index in [-0.39, 0.29) is 48.7 Å². The van der Waals surface area contributed by atoms with Gasteiger partial charge in [0.1, 0.15) is 17.4 Å². The summed E-state index contributed by atoms with van der Waals surface area (Å²) in [5.41, 5.74) is 6.87. The lowest BCUT2D eigenvalue weighted by Gasteiger charge is -2.64. The Bertz CT molecular complexity index is 1540. The molecule has 2 amide bonds. The smallest absolute Gasteiger partial charge is 0.415 e. The number of likely N-dealkylation sites (tertiary alicyclic amines) is 1. The lowest BCUT2D eigenvalue weighted by Crippen LogP contribution is -2.80. The molecule has 11 nitrogen and oxygen atoms in total. The topological polar surface area (TPSA) is 151 Å². The molecule has 2 heterocycles. The van der Waals surface area contributed by atoms with Crippen LogP contribution in [0.5, 0.6) is 17.2 Å². The van der Waals surface area contributed by atoms with Crippen molar-refractivity contribution in [2.75, 3.05) is 40.3 Å². The van der Waals surface area contributed by atoms with Crippen LogP contribution >= 0.6 is 0 Å². The fraction of sp³-hybridized carbons (Fsp3) is 0.559. The lowest BCUT2D eigenvalue weighted by atomic mass is 9.48. The predicted molar refractivity (Wildman–Crippen MR) is 164 cm³/mol. The second-order valence-corrected chi connectivity index (χ2v) is 14.1. The molecule has 1 unspecified atom stereocenters. The number of hydrogen-bond donors (Lipinski definition) is 4. The maximum atomic E-state index is 13.4. The molecule has 0 aromatic heterocycles. The van der Waals surface area contributed by atoms with Crippen molar-refractivity contribution in [2.45, 2.75) is 74.1 Å². The highest BCUT2D eigenvalue weighted by Crippen LogP contribution is 2.66. The van der Waals surface area contributed by atoms with Gasteiger partial charge >= 0.3 is 6.09 Å². The molecule has 5 N–H and O–H groups in total. The average molecular weight is 620 g/mol. The second-order valence-electron chi connectivity index (χ2n) is 14.1. The second kappa shape index (κ2) is 10.7. The van der Waals surface area contributed by atoms with E-state index < -0.39 is 29.3 Å². The third-order valence-corrected chi connectivity index (χ3v) is 11.2. The van der Waals surface area contributed by atoms with E-state index in [1.54, 1.807) is 37.4 Å². The first-order valence-electron chi connectivity index (χ1n) is 16.1. The number of ketones is 1. The number of phenols is 1. The monoisotopic (exact) mass is 619 g/mol. The number of aromatic hydroxyl groups is 1. The molecule has 0 radical (unpaired) electrons. The molecule has 45 heavy (non-hydrogen) atoms. The van der Waals surface area contributed by atoms with Crippen molar-refractivity contribution in [3.8, 4) is 17.2 Å². The van der Waals surface area contributed by atoms with Crippen LogP contribution in [-0.2, 0) is 27.8 Å². The summed E-state index contributed by atoms with van der Waals surface area (Å²) >= 11 is 0. The number of nitrogens with zero attached hydrogens (tertiary/aromatic N) is 2. The summed E-state index contributed by atoms with van der Waals surface area (Å²) < 4.78 is 13.1. The van der Waals surface area contributed by atoms with E-state index in [0.29, 0.717) is 37.4 Å². The molecular formula is C34H43N4O7+. The Morgan fingerprint density at radius 3 is 2.69 bits per heavy atom. The quantitative estimate of drug-likeness (QED) is 0.310. The molecule has 2 aromatic rings. The van der Waals surface area contributed by atoms with Gasteiger partial charge in [-0.25, -0.2) is 4.79 Å². The van der Waals surface area contributed by atoms with E-state index in [1.807, 2.05) is 6.07 Å². The molecule has 1 saturated heterocycles. The summed E-state index contributed by atoms with van der Waals surface area (Å²) in [7, 11) is 3.85. The highest BCUT2D eigenvalue weighted by Gasteiger charge is 2.76. The number of piperidine rings is 1. The highest BCUT2D eigenvalue weighted by molar-refractivity contribution is 5.90. The third-order valence-electron chi connectivity index (χ3n) is 11.2. The molecule has 2 aromatic carbocycles. The van der Waals surface area contributed by atoms with Crippen molar-refractivity contribution in [1.82, 2.24) is 10.2 Å². The Morgan fingerprint density at radius 1 is 1.20 bits per heavy atom. The van der Waals surface area contributed by atoms with E-state index >= 15 is 0 Å². The zero-order valence-corrected chi connectivity index (χ0v) is 26.0. The van der Waals surface area contributed by atoms with Crippen LogP contribution in [0.1, 0.15) is 48.8 Å². The Hall–Kier alpha value is -3.67. The molecular weight excluding hydrogens is 576 g/mol. The van der Waals surface area contributed by atoms with Gasteiger partial charge in [0.25, 0.3) is 0 Å². The number of nitrogens with one attached hydrogen (secondary N) is 1. The number of aliphatic hydroxyl groups is 1. The van der Waals surface area contributed by atoms with Gasteiger partial charge < -0.3 is 40.1 Å². The van der Waals surface area contributed by atoms with E-state index in [4.69, 9.17) is 15.2 Å². The SMILES string of the molecule is CN(CCNC(=O)[C@@H](N)Cc1ccc(O)cc1)C(=O)Oc1ccc2c3c1O[C@H]1C(=O)CC[C@@]4(O)C(C2)[N@+](C)(CC2CC2)CC[C@]314. The lowest BCUT2D eigenvalue weighted by molar-refractivity contribution is -0.950. The minimum Gasteiger partial charge on any atom is -0.508 e. The summed E-state index contributed by atoms with van der Waals surface area (Å²) in [6, 6.07) is 9.43. The third kappa shape index (κ3) is 4.78. The first-order chi connectivity index (χ1) is 21.4. The number of rotatable bonds is 9. The van der Waals surface area contributed by atoms with Crippen molar-refractivity contribution in [2.24, 2.45) is 11.7 Å². The number of amides is 2. The minimum atomic E-state index is -1.08. The van der Waals surface area contributed by atoms with E-state index in [0.717, 1.165) is 34.3 Å². The zero-order chi connectivity index (χ0) is 31.7. The number of Topliss-reactive ketones (excluding diaryl/α,β-unsaturated/α-hetero) is 1. The molecule has 3 aliphatic carbocycles. The average Bonchev–Trinajstić information content (AvgIpc) is 3.74. The van der Waals surface area contributed by atoms with Crippen LogP contribution in [0.15, 0.2) is 36.4 Å². The summed E-state index contributed by atoms with van der Waals surface area (Å²) in [6.45, 7) is 2.28. The Kier molecular flexibility index (Phi) is 7.14. The normalized spacial score (nSPS) is 31.4. The molecule has 6 atom stereocenters. The van der Waals surface area contributed by atoms with Crippen LogP contribution in [0.25, 0.3) is 0 Å². The van der Waals surface area contributed by atoms with Crippen LogP contribution in [-0.4, -0.2) is 101 Å². The number of carbonyl (C=O) groups excluding carboxylic acids is 3. The first kappa shape index (κ1) is 30.0. The summed E-state index contributed by atoms with van der Waals surface area (Å²) in [5.74, 6) is 1.14. The Balaban J connectivity index is 1.05. The van der Waals surface area contributed by atoms with Crippen LogP contribution in [0.2, 0.25) is 0 Å². The summed E-state index contributed by atoms with van der Waals surface area (Å²) in [5, 5.41) is 24.8. The van der Waals surface area contributed by atoms with Crippen molar-refractivity contribution in [3.63, 3.8) is 0 Å². The van der Waals surface area contributed by atoms with Gasteiger partial charge in [-0.05, 0) is 55.0 Å². The van der Waals surface area contributed by atoms with Crippen LogP contribution < -0.4 is 20.5 Å². The van der Waals surface area contributed by atoms with Crippen LogP contribution in [0, 0.1) is 5.92 Å². The summed E-state index contributed by atoms with van der Waals surface area (Å²) in [4.78, 5) is 40.4. The van der Waals surface area contributed by atoms with E-state index in [1.165, 1.54) is 17.7 Å². The largest absolute Gasteiger partial charge is 0.508 e. The predicted octanol–water partition coefficient (Wildman–Crippen LogP) is 1.79. The number of quaternary nitrogens is 1. The molecule has 5 aliphatic rings. The van der Waals surface area contributed by atoms with E-state index in [9.17, 15) is 24.6 Å². The van der Waals surface area contributed by atoms with Gasteiger partial charge in [0, 0.05) is 50.9 Å². The van der Waals surface area contributed by atoms with Gasteiger partial charge in [0.2, 0.25) is 5.91 Å². The molecule has 7 rings (SSSR count). The van der Waals surface area contributed by atoms with Gasteiger partial charge in [-0.2, -0.15) is 0 Å². The fourth-order valence-electron chi connectivity index (χ4n) is 8.73. The van der Waals surface area contributed by atoms with E-state index in [2.05, 4.69) is 12.4 Å². The first-order valence-corrected chi connectivity index (χ1v) is 16.1. The zero-order valence-electron chi connectivity index (χ0n) is 26.0. The number of hydrogen-bond acceptors (Lipinski definition) is 8. The van der Waals surface area contributed by atoms with Crippen molar-refractivity contribution >= 4 is 17.8 Å². The number of ether oxygens (including phenoxy) is 2. The van der Waals surface area contributed by atoms with Crippen molar-refractivity contribution in [1.29, 1.82) is 0 Å². The number of carbonyl (C=O) groups is 3. The van der Waals surface area contributed by atoms with Gasteiger partial charge in [0.05, 0.1) is 31.6 Å². The highest BCUT2D eigenvalue weighted by atomic mass is 16.6.